The van der Waals surface area contributed by atoms with E-state index < -0.39 is 10.0 Å². The molecule has 7 nitrogen and oxygen atoms in total. The van der Waals surface area contributed by atoms with Gasteiger partial charge in [-0.3, -0.25) is 9.62 Å². The lowest BCUT2D eigenvalue weighted by Gasteiger charge is -2.35. The number of hydrogen-bond acceptors (Lipinski definition) is 5. The Labute approximate surface area is 219 Å². The predicted octanol–water partition coefficient (Wildman–Crippen LogP) is 4.80. The lowest BCUT2D eigenvalue weighted by atomic mass is 10.0. The van der Waals surface area contributed by atoms with Crippen molar-refractivity contribution in [2.45, 2.75) is 25.4 Å². The Bertz CT molecular complexity index is 1500. The largest absolute Gasteiger partial charge is 0.327 e. The van der Waals surface area contributed by atoms with Crippen LogP contribution in [0.3, 0.4) is 0 Å². The van der Waals surface area contributed by atoms with Crippen LogP contribution in [0.5, 0.6) is 0 Å². The Kier molecular flexibility index (Phi) is 7.07. The molecule has 0 radical (unpaired) electrons. The molecular formula is C29H35N5O2S. The van der Waals surface area contributed by atoms with Crippen molar-refractivity contribution < 1.29 is 8.42 Å². The van der Waals surface area contributed by atoms with E-state index in [0.29, 0.717) is 11.7 Å². The first-order valence-electron chi connectivity index (χ1n) is 12.7. The lowest BCUT2D eigenvalue weighted by molar-refractivity contribution is 0.140. The summed E-state index contributed by atoms with van der Waals surface area (Å²) >= 11 is 0. The molecule has 0 bridgehead atoms. The maximum Gasteiger partial charge on any atom is 0.229 e. The van der Waals surface area contributed by atoms with Crippen LogP contribution in [0.1, 0.15) is 18.4 Å². The Morgan fingerprint density at radius 1 is 0.946 bits per heavy atom. The Morgan fingerprint density at radius 2 is 1.65 bits per heavy atom. The van der Waals surface area contributed by atoms with Gasteiger partial charge >= 0.3 is 0 Å². The van der Waals surface area contributed by atoms with E-state index in [-0.39, 0.29) is 0 Å². The second-order valence-corrected chi connectivity index (χ2v) is 12.1. The molecule has 194 valence electrons. The smallest absolute Gasteiger partial charge is 0.229 e. The van der Waals surface area contributed by atoms with Crippen molar-refractivity contribution in [2.75, 3.05) is 38.2 Å². The number of hydrogen-bond donors (Lipinski definition) is 1. The van der Waals surface area contributed by atoms with E-state index in [1.807, 2.05) is 25.2 Å². The van der Waals surface area contributed by atoms with Gasteiger partial charge in [0, 0.05) is 30.9 Å². The topological polar surface area (TPSA) is 70.5 Å². The number of anilines is 1. The summed E-state index contributed by atoms with van der Waals surface area (Å²) < 4.78 is 27.9. The van der Waals surface area contributed by atoms with Crippen LogP contribution < -0.4 is 4.72 Å². The molecule has 0 unspecified atom stereocenters. The highest BCUT2D eigenvalue weighted by Crippen LogP contribution is 2.30. The van der Waals surface area contributed by atoms with E-state index in [1.165, 1.54) is 24.0 Å². The van der Waals surface area contributed by atoms with Crippen LogP contribution in [0.15, 0.2) is 66.7 Å². The fraction of sp³-hybridized carbons (Fsp3) is 0.345. The summed E-state index contributed by atoms with van der Waals surface area (Å²) in [5.74, 6) is 0.790. The number of nitrogens with one attached hydrogen (secondary N) is 1. The zero-order valence-corrected chi connectivity index (χ0v) is 22.8. The Morgan fingerprint density at radius 3 is 2.32 bits per heavy atom. The summed E-state index contributed by atoms with van der Waals surface area (Å²) in [7, 11) is 3.01. The highest BCUT2D eigenvalue weighted by Gasteiger charge is 2.20. The molecule has 37 heavy (non-hydrogen) atoms. The molecule has 0 aliphatic carbocycles. The first-order chi connectivity index (χ1) is 17.7. The summed E-state index contributed by atoms with van der Waals surface area (Å²) in [6.45, 7) is 3.30. The third-order valence-electron chi connectivity index (χ3n) is 7.29. The van der Waals surface area contributed by atoms with Gasteiger partial charge in [-0.15, -0.1) is 0 Å². The van der Waals surface area contributed by atoms with Crippen molar-refractivity contribution in [1.82, 2.24) is 19.4 Å². The number of benzene rings is 3. The molecule has 1 N–H and O–H groups in total. The average molecular weight is 518 g/mol. The highest BCUT2D eigenvalue weighted by molar-refractivity contribution is 7.92. The van der Waals surface area contributed by atoms with Gasteiger partial charge in [-0.05, 0) is 81.0 Å². The van der Waals surface area contributed by atoms with Gasteiger partial charge in [0.05, 0.1) is 17.3 Å². The number of aryl methyl sites for hydroxylation is 1. The number of imidazole rings is 1. The minimum atomic E-state index is -3.35. The molecule has 0 spiro atoms. The van der Waals surface area contributed by atoms with E-state index in [1.54, 1.807) is 6.07 Å². The Balaban J connectivity index is 1.34. The molecule has 4 aromatic rings. The minimum Gasteiger partial charge on any atom is -0.327 e. The molecule has 5 rings (SSSR count). The maximum absolute atomic E-state index is 11.6. The SMILES string of the molecule is CN(C)C1CCN(Cc2ccc(-c3ccc4nc(-c5cccc(NS(C)(=O)=O)c5)n(C)c4c3)cc2)CC1. The van der Waals surface area contributed by atoms with Crippen molar-refractivity contribution >= 4 is 26.7 Å². The fourth-order valence-electron chi connectivity index (χ4n) is 5.22. The molecule has 8 heteroatoms. The average Bonchev–Trinajstić information content (AvgIpc) is 3.20. The zero-order chi connectivity index (χ0) is 26.2. The van der Waals surface area contributed by atoms with E-state index in [0.717, 1.165) is 53.9 Å². The van der Waals surface area contributed by atoms with Crippen molar-refractivity contribution in [1.29, 1.82) is 0 Å². The summed E-state index contributed by atoms with van der Waals surface area (Å²) in [5.41, 5.74) is 6.98. The molecular weight excluding hydrogens is 482 g/mol. The Hall–Kier alpha value is -3.20. The molecule has 1 aliphatic rings. The third-order valence-corrected chi connectivity index (χ3v) is 7.89. The standard InChI is InChI=1S/C29H35N5O2S/c1-32(2)26-14-16-34(17-15-26)20-21-8-10-22(11-9-21)23-12-13-27-28(19-23)33(3)29(30-27)24-6-5-7-25(18-24)31-37(4,35)36/h5-13,18-19,26,31H,14-17,20H2,1-4H3. The number of aromatic nitrogens is 2. The first kappa shape index (κ1) is 25.4. The van der Waals surface area contributed by atoms with Gasteiger partial charge < -0.3 is 9.47 Å². The maximum atomic E-state index is 11.6. The van der Waals surface area contributed by atoms with Gasteiger partial charge in [0.15, 0.2) is 0 Å². The van der Waals surface area contributed by atoms with Gasteiger partial charge in [0.2, 0.25) is 10.0 Å². The summed E-state index contributed by atoms with van der Waals surface area (Å²) in [4.78, 5) is 9.73. The van der Waals surface area contributed by atoms with Gasteiger partial charge in [-0.2, -0.15) is 0 Å². The van der Waals surface area contributed by atoms with Crippen LogP contribution in [0.25, 0.3) is 33.5 Å². The molecule has 1 fully saturated rings. The number of likely N-dealkylation sites (tertiary alicyclic amines) is 1. The number of rotatable bonds is 7. The summed E-state index contributed by atoms with van der Waals surface area (Å²) in [6.07, 6.45) is 3.61. The van der Waals surface area contributed by atoms with E-state index in [4.69, 9.17) is 4.98 Å². The van der Waals surface area contributed by atoms with E-state index in [9.17, 15) is 8.42 Å². The van der Waals surface area contributed by atoms with Crippen molar-refractivity contribution in [3.8, 4) is 22.5 Å². The molecule has 0 amide bonds. The minimum absolute atomic E-state index is 0.523. The van der Waals surface area contributed by atoms with Gasteiger partial charge in [0.25, 0.3) is 0 Å². The normalized spacial score (nSPS) is 15.5. The fourth-order valence-corrected chi connectivity index (χ4v) is 5.77. The van der Waals surface area contributed by atoms with Crippen LogP contribution in [-0.4, -0.2) is 67.3 Å². The molecule has 3 aromatic carbocycles. The lowest BCUT2D eigenvalue weighted by Crippen LogP contribution is -2.41. The second kappa shape index (κ2) is 10.3. The van der Waals surface area contributed by atoms with E-state index >= 15 is 0 Å². The summed E-state index contributed by atoms with van der Waals surface area (Å²) in [6, 6.07) is 23.3. The molecule has 0 saturated carbocycles. The van der Waals surface area contributed by atoms with Gasteiger partial charge in [0.1, 0.15) is 5.82 Å². The van der Waals surface area contributed by atoms with E-state index in [2.05, 4.69) is 75.6 Å². The van der Waals surface area contributed by atoms with Gasteiger partial charge in [-0.1, -0.05) is 42.5 Å². The predicted molar refractivity (Wildman–Crippen MR) is 152 cm³/mol. The van der Waals surface area contributed by atoms with Crippen LogP contribution >= 0.6 is 0 Å². The number of fused-ring (bicyclic) bond motifs is 1. The molecule has 1 saturated heterocycles. The molecule has 0 atom stereocenters. The quantitative estimate of drug-likeness (QED) is 0.381. The molecule has 1 aliphatic heterocycles. The summed E-state index contributed by atoms with van der Waals surface area (Å²) in [5, 5.41) is 0. The van der Waals surface area contributed by atoms with Crippen molar-refractivity contribution in [3.63, 3.8) is 0 Å². The molecule has 1 aromatic heterocycles. The monoisotopic (exact) mass is 517 g/mol. The third kappa shape index (κ3) is 5.87. The molecule has 2 heterocycles. The van der Waals surface area contributed by atoms with Crippen LogP contribution in [-0.2, 0) is 23.6 Å². The van der Waals surface area contributed by atoms with Crippen molar-refractivity contribution in [2.24, 2.45) is 7.05 Å². The zero-order valence-electron chi connectivity index (χ0n) is 22.0. The number of piperidine rings is 1. The van der Waals surface area contributed by atoms with Gasteiger partial charge in [-0.25, -0.2) is 13.4 Å². The number of sulfonamides is 1. The van der Waals surface area contributed by atoms with Crippen LogP contribution in [0.4, 0.5) is 5.69 Å². The van der Waals surface area contributed by atoms with Crippen molar-refractivity contribution in [3.05, 3.63) is 72.3 Å². The van der Waals surface area contributed by atoms with Crippen LogP contribution in [0, 0.1) is 0 Å². The first-order valence-corrected chi connectivity index (χ1v) is 14.6. The van der Waals surface area contributed by atoms with Crippen LogP contribution in [0.2, 0.25) is 0 Å². The highest BCUT2D eigenvalue weighted by atomic mass is 32.2. The second-order valence-electron chi connectivity index (χ2n) is 10.3. The number of nitrogens with zero attached hydrogens (tertiary/aromatic N) is 4.